The van der Waals surface area contributed by atoms with Crippen LogP contribution in [0.5, 0.6) is 0 Å². The Morgan fingerprint density at radius 3 is 2.85 bits per heavy atom. The van der Waals surface area contributed by atoms with Crippen LogP contribution in [-0.4, -0.2) is 0 Å². The highest BCUT2D eigenvalue weighted by molar-refractivity contribution is 5.43. The molecule has 0 unspecified atom stereocenters. The third kappa shape index (κ3) is 2.90. The average molecular weight is 172 g/mol. The van der Waals surface area contributed by atoms with Gasteiger partial charge in [-0.1, -0.05) is 49.1 Å². The van der Waals surface area contributed by atoms with E-state index in [1.165, 1.54) is 11.1 Å². The van der Waals surface area contributed by atoms with Gasteiger partial charge in [-0.3, -0.25) is 0 Å². The van der Waals surface area contributed by atoms with E-state index in [2.05, 4.69) is 37.5 Å². The Kier molecular flexibility index (Phi) is 3.51. The number of rotatable bonds is 3. The molecule has 0 N–H and O–H groups in total. The fourth-order valence-electron chi connectivity index (χ4n) is 1.30. The molecule has 0 aromatic rings. The zero-order chi connectivity index (χ0) is 9.68. The molecule has 0 heterocycles. The molecular weight excluding hydrogens is 156 g/mol. The Morgan fingerprint density at radius 2 is 2.31 bits per heavy atom. The largest absolute Gasteiger partial charge is 0.0988 e. The van der Waals surface area contributed by atoms with Gasteiger partial charge in [0.25, 0.3) is 0 Å². The van der Waals surface area contributed by atoms with Crippen LogP contribution in [0.2, 0.25) is 0 Å². The predicted octanol–water partition coefficient (Wildman–Crippen LogP) is 3.95. The molecule has 1 aliphatic carbocycles. The second-order valence-corrected chi connectivity index (χ2v) is 3.28. The summed E-state index contributed by atoms with van der Waals surface area (Å²) in [5.41, 5.74) is 3.62. The minimum atomic E-state index is 1.11. The van der Waals surface area contributed by atoms with Gasteiger partial charge >= 0.3 is 0 Å². The average Bonchev–Trinajstić information content (AvgIpc) is 2.19. The Morgan fingerprint density at radius 1 is 1.54 bits per heavy atom. The van der Waals surface area contributed by atoms with Gasteiger partial charge in [0.2, 0.25) is 0 Å². The topological polar surface area (TPSA) is 0 Å². The van der Waals surface area contributed by atoms with E-state index in [1.807, 2.05) is 13.0 Å². The van der Waals surface area contributed by atoms with Crippen LogP contribution >= 0.6 is 0 Å². The molecule has 0 aromatic carbocycles. The summed E-state index contributed by atoms with van der Waals surface area (Å²) in [7, 11) is 0. The molecule has 0 nitrogen and oxygen atoms in total. The lowest BCUT2D eigenvalue weighted by molar-refractivity contribution is 0.978. The first-order valence-corrected chi connectivity index (χ1v) is 4.59. The van der Waals surface area contributed by atoms with Crippen molar-refractivity contribution in [2.45, 2.75) is 19.8 Å². The van der Waals surface area contributed by atoms with Crippen molar-refractivity contribution >= 4 is 0 Å². The van der Waals surface area contributed by atoms with E-state index in [0.717, 1.165) is 18.4 Å². The molecule has 0 aromatic heterocycles. The van der Waals surface area contributed by atoms with Crippen molar-refractivity contribution in [2.24, 2.45) is 0 Å². The second kappa shape index (κ2) is 4.66. The minimum Gasteiger partial charge on any atom is -0.0988 e. The highest BCUT2D eigenvalue weighted by Crippen LogP contribution is 2.20. The monoisotopic (exact) mass is 172 g/mol. The summed E-state index contributed by atoms with van der Waals surface area (Å²) in [4.78, 5) is 0. The van der Waals surface area contributed by atoms with Gasteiger partial charge in [-0.15, -0.1) is 0 Å². The lowest BCUT2D eigenvalue weighted by Crippen LogP contribution is -1.89. The lowest BCUT2D eigenvalue weighted by Gasteiger charge is -2.08. The third-order valence-electron chi connectivity index (χ3n) is 2.15. The predicted molar refractivity (Wildman–Crippen MR) is 59.6 cm³/mol. The first-order valence-electron chi connectivity index (χ1n) is 4.59. The molecule has 0 radical (unpaired) electrons. The van der Waals surface area contributed by atoms with Crippen LogP contribution in [0.15, 0.2) is 60.3 Å². The van der Waals surface area contributed by atoms with E-state index in [0.29, 0.717) is 0 Å². The summed E-state index contributed by atoms with van der Waals surface area (Å²) in [6.45, 7) is 9.79. The van der Waals surface area contributed by atoms with Gasteiger partial charge in [0.05, 0.1) is 0 Å². The van der Waals surface area contributed by atoms with Gasteiger partial charge in [-0.05, 0) is 30.9 Å². The number of allylic oxidation sites excluding steroid dienone is 8. The summed E-state index contributed by atoms with van der Waals surface area (Å²) in [5.74, 6) is 0. The fraction of sp³-hybridized carbons (Fsp3) is 0.231. The van der Waals surface area contributed by atoms with Gasteiger partial charge in [-0.25, -0.2) is 0 Å². The van der Waals surface area contributed by atoms with Crippen LogP contribution in [-0.2, 0) is 0 Å². The molecule has 0 saturated heterocycles. The van der Waals surface area contributed by atoms with E-state index in [-0.39, 0.29) is 0 Å². The van der Waals surface area contributed by atoms with Crippen molar-refractivity contribution in [3.05, 3.63) is 60.3 Å². The fourth-order valence-corrected chi connectivity index (χ4v) is 1.30. The molecule has 0 aliphatic heterocycles. The Hall–Kier alpha value is -1.30. The Bertz CT molecular complexity index is 298. The summed E-state index contributed by atoms with van der Waals surface area (Å²) < 4.78 is 0. The smallest absolute Gasteiger partial charge is 0.0238 e. The molecule has 0 spiro atoms. The van der Waals surface area contributed by atoms with E-state index < -0.39 is 0 Å². The van der Waals surface area contributed by atoms with E-state index in [9.17, 15) is 0 Å². The lowest BCUT2D eigenvalue weighted by atomic mass is 9.97. The summed E-state index contributed by atoms with van der Waals surface area (Å²) in [6.07, 6.45) is 12.6. The van der Waals surface area contributed by atoms with Gasteiger partial charge in [0.1, 0.15) is 0 Å². The summed E-state index contributed by atoms with van der Waals surface area (Å²) in [5, 5.41) is 0. The molecule has 1 rings (SSSR count). The van der Waals surface area contributed by atoms with Crippen molar-refractivity contribution in [3.8, 4) is 0 Å². The summed E-state index contributed by atoms with van der Waals surface area (Å²) >= 11 is 0. The maximum Gasteiger partial charge on any atom is -0.0238 e. The molecule has 1 aliphatic rings. The molecule has 0 bridgehead atoms. The van der Waals surface area contributed by atoms with Gasteiger partial charge < -0.3 is 0 Å². The standard InChI is InChI=1S/C13H16/c1-4-11(2)10-12(3)13-8-6-5-7-9-13/h4-6,8,10H,1,3,7,9H2,2H3/b11-10-. The van der Waals surface area contributed by atoms with Crippen molar-refractivity contribution in [1.29, 1.82) is 0 Å². The second-order valence-electron chi connectivity index (χ2n) is 3.28. The maximum absolute atomic E-state index is 4.04. The normalized spacial score (nSPS) is 16.7. The van der Waals surface area contributed by atoms with E-state index >= 15 is 0 Å². The Labute approximate surface area is 80.7 Å². The van der Waals surface area contributed by atoms with Crippen LogP contribution in [0.4, 0.5) is 0 Å². The van der Waals surface area contributed by atoms with Crippen molar-refractivity contribution < 1.29 is 0 Å². The van der Waals surface area contributed by atoms with Crippen LogP contribution in [0, 0.1) is 0 Å². The van der Waals surface area contributed by atoms with Gasteiger partial charge in [-0.2, -0.15) is 0 Å². The van der Waals surface area contributed by atoms with Crippen molar-refractivity contribution in [2.75, 3.05) is 0 Å². The molecule has 0 amide bonds. The first kappa shape index (κ1) is 9.79. The summed E-state index contributed by atoms with van der Waals surface area (Å²) in [6, 6.07) is 0. The third-order valence-corrected chi connectivity index (χ3v) is 2.15. The number of hydrogen-bond donors (Lipinski definition) is 0. The molecule has 13 heavy (non-hydrogen) atoms. The molecule has 0 fully saturated rings. The van der Waals surface area contributed by atoms with Gasteiger partial charge in [0.15, 0.2) is 0 Å². The highest BCUT2D eigenvalue weighted by Gasteiger charge is 2.01. The van der Waals surface area contributed by atoms with Crippen LogP contribution < -0.4 is 0 Å². The van der Waals surface area contributed by atoms with Crippen molar-refractivity contribution in [1.82, 2.24) is 0 Å². The maximum atomic E-state index is 4.04. The molecule has 0 saturated carbocycles. The quantitative estimate of drug-likeness (QED) is 0.565. The van der Waals surface area contributed by atoms with Crippen LogP contribution in [0.25, 0.3) is 0 Å². The minimum absolute atomic E-state index is 1.11. The zero-order valence-corrected chi connectivity index (χ0v) is 8.22. The SMILES string of the molecule is C=C/C(C)=C\C(=C)C1=CC=CCC1. The van der Waals surface area contributed by atoms with Crippen LogP contribution in [0.1, 0.15) is 19.8 Å². The molecule has 0 atom stereocenters. The van der Waals surface area contributed by atoms with Gasteiger partial charge in [0, 0.05) is 0 Å². The molecule has 68 valence electrons. The molecule has 0 heteroatoms. The number of hydrogen-bond acceptors (Lipinski definition) is 0. The first-order chi connectivity index (χ1) is 6.24. The molecular formula is C13H16. The van der Waals surface area contributed by atoms with Crippen molar-refractivity contribution in [3.63, 3.8) is 0 Å². The highest BCUT2D eigenvalue weighted by atomic mass is 14.1. The van der Waals surface area contributed by atoms with E-state index in [4.69, 9.17) is 0 Å². The Balaban J connectivity index is 2.73. The van der Waals surface area contributed by atoms with E-state index in [1.54, 1.807) is 0 Å². The van der Waals surface area contributed by atoms with Crippen LogP contribution in [0.3, 0.4) is 0 Å². The zero-order valence-electron chi connectivity index (χ0n) is 8.22.